The van der Waals surface area contributed by atoms with Crippen LogP contribution in [0, 0.1) is 0 Å². The van der Waals surface area contributed by atoms with E-state index in [4.69, 9.17) is 16.7 Å². The number of rotatable bonds is 5. The predicted molar refractivity (Wildman–Crippen MR) is 97.1 cm³/mol. The van der Waals surface area contributed by atoms with Gasteiger partial charge in [-0.05, 0) is 41.8 Å². The molecular formula is C20H14ClF7O2. The lowest BCUT2D eigenvalue weighted by molar-refractivity contribution is -0.140. The van der Waals surface area contributed by atoms with Gasteiger partial charge in [0.15, 0.2) is 0 Å². The molecule has 0 aliphatic carbocycles. The number of alkyl halides is 6. The van der Waals surface area contributed by atoms with Gasteiger partial charge in [-0.25, -0.2) is 9.18 Å². The van der Waals surface area contributed by atoms with Crippen molar-refractivity contribution in [1.82, 2.24) is 0 Å². The van der Waals surface area contributed by atoms with Gasteiger partial charge in [0.2, 0.25) is 0 Å². The number of hydrogen-bond donors (Lipinski definition) is 1. The Hall–Kier alpha value is -2.55. The molecule has 2 rings (SSSR count). The summed E-state index contributed by atoms with van der Waals surface area (Å²) in [6.45, 7) is 1.74. The molecule has 2 nitrogen and oxygen atoms in total. The summed E-state index contributed by atoms with van der Waals surface area (Å²) in [5.41, 5.74) is -3.47. The Morgan fingerprint density at radius 2 is 1.73 bits per heavy atom. The minimum absolute atomic E-state index is 0.0447. The van der Waals surface area contributed by atoms with E-state index in [1.807, 2.05) is 0 Å². The normalized spacial score (nSPS) is 14.0. The molecule has 30 heavy (non-hydrogen) atoms. The maximum absolute atomic E-state index is 14.6. The molecule has 0 saturated heterocycles. The highest BCUT2D eigenvalue weighted by Gasteiger charge is 2.40. The van der Waals surface area contributed by atoms with E-state index in [1.165, 1.54) is 6.07 Å². The van der Waals surface area contributed by atoms with Gasteiger partial charge in [-0.2, -0.15) is 26.3 Å². The first-order valence-electron chi connectivity index (χ1n) is 8.43. The number of benzene rings is 2. The highest BCUT2D eigenvalue weighted by molar-refractivity contribution is 6.31. The number of aryl methyl sites for hydroxylation is 1. The van der Waals surface area contributed by atoms with Crippen molar-refractivity contribution in [2.45, 2.75) is 31.6 Å². The lowest BCUT2D eigenvalue weighted by Crippen LogP contribution is -2.19. The van der Waals surface area contributed by atoms with Gasteiger partial charge in [0.1, 0.15) is 11.7 Å². The van der Waals surface area contributed by atoms with E-state index in [1.54, 1.807) is 6.92 Å². The fourth-order valence-corrected chi connectivity index (χ4v) is 3.10. The summed E-state index contributed by atoms with van der Waals surface area (Å²) < 4.78 is 94.4. The molecule has 0 bridgehead atoms. The summed E-state index contributed by atoms with van der Waals surface area (Å²) in [6, 6.07) is 4.81. The second-order valence-corrected chi connectivity index (χ2v) is 6.71. The van der Waals surface area contributed by atoms with Crippen molar-refractivity contribution < 1.29 is 40.6 Å². The van der Waals surface area contributed by atoms with Crippen molar-refractivity contribution >= 4 is 23.4 Å². The number of hydrogen-bond acceptors (Lipinski definition) is 1. The Morgan fingerprint density at radius 1 is 1.10 bits per heavy atom. The van der Waals surface area contributed by atoms with E-state index in [2.05, 4.69) is 0 Å². The number of carboxylic acids is 1. The molecule has 0 spiro atoms. The van der Waals surface area contributed by atoms with Gasteiger partial charge in [0.25, 0.3) is 0 Å². The van der Waals surface area contributed by atoms with Gasteiger partial charge >= 0.3 is 18.3 Å². The third kappa shape index (κ3) is 5.33. The van der Waals surface area contributed by atoms with E-state index in [0.717, 1.165) is 12.1 Å². The molecule has 0 amide bonds. The minimum Gasteiger partial charge on any atom is -0.478 e. The molecular weight excluding hydrogens is 441 g/mol. The van der Waals surface area contributed by atoms with Crippen LogP contribution in [-0.4, -0.2) is 17.3 Å². The molecule has 0 aliphatic rings. The summed E-state index contributed by atoms with van der Waals surface area (Å²) >= 11 is 5.93. The van der Waals surface area contributed by atoms with Crippen LogP contribution < -0.4 is 0 Å². The van der Waals surface area contributed by atoms with Crippen LogP contribution in [0.1, 0.15) is 45.5 Å². The largest absolute Gasteiger partial charge is 0.478 e. The van der Waals surface area contributed by atoms with Crippen LogP contribution in [0.15, 0.2) is 42.5 Å². The van der Waals surface area contributed by atoms with E-state index < -0.39 is 52.3 Å². The van der Waals surface area contributed by atoms with Crippen molar-refractivity contribution in [3.63, 3.8) is 0 Å². The molecule has 1 unspecified atom stereocenters. The fraction of sp³-hybridized carbons (Fsp3) is 0.250. The molecule has 10 heteroatoms. The SMILES string of the molecule is CCc1ccc(C(C=C(F)c2ccc(C(=O)O)c(C(F)(F)F)c2)C(F)(F)F)cc1Cl. The Balaban J connectivity index is 2.57. The van der Waals surface area contributed by atoms with Crippen LogP contribution in [0.4, 0.5) is 30.7 Å². The lowest BCUT2D eigenvalue weighted by Gasteiger charge is -2.19. The third-order valence-corrected chi connectivity index (χ3v) is 4.67. The lowest BCUT2D eigenvalue weighted by atomic mass is 9.94. The number of carboxylic acid groups (broad SMARTS) is 1. The third-order valence-electron chi connectivity index (χ3n) is 4.31. The summed E-state index contributed by atoms with van der Waals surface area (Å²) in [6.07, 6.45) is -9.51. The molecule has 0 fully saturated rings. The molecule has 0 aliphatic heterocycles. The van der Waals surface area contributed by atoms with E-state index in [0.29, 0.717) is 24.1 Å². The van der Waals surface area contributed by atoms with E-state index in [-0.39, 0.29) is 17.2 Å². The number of halogens is 8. The maximum atomic E-state index is 14.6. The maximum Gasteiger partial charge on any atom is 0.417 e. The van der Waals surface area contributed by atoms with Gasteiger partial charge in [0, 0.05) is 10.6 Å². The van der Waals surface area contributed by atoms with E-state index >= 15 is 0 Å². The quantitative estimate of drug-likeness (QED) is 0.482. The Morgan fingerprint density at radius 3 is 2.20 bits per heavy atom. The number of aromatic carboxylic acids is 1. The van der Waals surface area contributed by atoms with Gasteiger partial charge in [-0.15, -0.1) is 0 Å². The molecule has 0 heterocycles. The molecule has 0 radical (unpaired) electrons. The zero-order valence-corrected chi connectivity index (χ0v) is 16.0. The topological polar surface area (TPSA) is 37.3 Å². The average molecular weight is 455 g/mol. The summed E-state index contributed by atoms with van der Waals surface area (Å²) in [7, 11) is 0. The van der Waals surface area contributed by atoms with Crippen LogP contribution in [0.3, 0.4) is 0 Å². The van der Waals surface area contributed by atoms with Crippen molar-refractivity contribution in [2.24, 2.45) is 0 Å². The first-order valence-corrected chi connectivity index (χ1v) is 8.80. The molecule has 1 atom stereocenters. The zero-order chi connectivity index (χ0) is 22.9. The summed E-state index contributed by atoms with van der Waals surface area (Å²) in [5.74, 6) is -5.97. The van der Waals surface area contributed by atoms with Crippen LogP contribution >= 0.6 is 11.6 Å². The van der Waals surface area contributed by atoms with Gasteiger partial charge in [-0.3, -0.25) is 0 Å². The molecule has 0 aromatic heterocycles. The molecule has 2 aromatic rings. The summed E-state index contributed by atoms with van der Waals surface area (Å²) in [4.78, 5) is 11.0. The first kappa shape index (κ1) is 23.7. The van der Waals surface area contributed by atoms with Crippen molar-refractivity contribution in [3.8, 4) is 0 Å². The summed E-state index contributed by atoms with van der Waals surface area (Å²) in [5, 5.41) is 8.90. The fourth-order valence-electron chi connectivity index (χ4n) is 2.78. The molecule has 2 aromatic carbocycles. The molecule has 162 valence electrons. The van der Waals surface area contributed by atoms with Crippen molar-refractivity contribution in [2.75, 3.05) is 0 Å². The standard InChI is InChI=1S/C20H14ClF7O2/c1-2-10-3-4-11(8-16(10)21)14(19(23,24)25)9-17(22)12-5-6-13(18(29)30)15(7-12)20(26,27)28/h3-9,14H,2H2,1H3,(H,29,30). The molecule has 1 N–H and O–H groups in total. The second-order valence-electron chi connectivity index (χ2n) is 6.30. The molecule has 0 saturated carbocycles. The Kier molecular flexibility index (Phi) is 6.86. The van der Waals surface area contributed by atoms with E-state index in [9.17, 15) is 35.5 Å². The van der Waals surface area contributed by atoms with Crippen LogP contribution in [0.25, 0.3) is 5.83 Å². The minimum atomic E-state index is -5.14. The Labute approximate surface area is 171 Å². The van der Waals surface area contributed by atoms with Gasteiger partial charge in [-0.1, -0.05) is 36.7 Å². The first-order chi connectivity index (χ1) is 13.8. The van der Waals surface area contributed by atoms with Gasteiger partial charge in [0.05, 0.1) is 11.1 Å². The van der Waals surface area contributed by atoms with Crippen LogP contribution in [-0.2, 0) is 12.6 Å². The Bertz CT molecular complexity index is 978. The predicted octanol–water partition coefficient (Wildman–Crippen LogP) is 7.28. The zero-order valence-electron chi connectivity index (χ0n) is 15.2. The average Bonchev–Trinajstić information content (AvgIpc) is 2.63. The van der Waals surface area contributed by atoms with Crippen molar-refractivity contribution in [1.29, 1.82) is 0 Å². The monoisotopic (exact) mass is 454 g/mol. The van der Waals surface area contributed by atoms with Crippen LogP contribution in [0.2, 0.25) is 5.02 Å². The van der Waals surface area contributed by atoms with Crippen LogP contribution in [0.5, 0.6) is 0 Å². The second kappa shape index (κ2) is 8.67. The van der Waals surface area contributed by atoms with Gasteiger partial charge < -0.3 is 5.11 Å². The highest BCUT2D eigenvalue weighted by Crippen LogP contribution is 2.40. The number of allylic oxidation sites excluding steroid dienone is 1. The van der Waals surface area contributed by atoms with Crippen molar-refractivity contribution in [3.05, 3.63) is 75.3 Å². The highest BCUT2D eigenvalue weighted by atomic mass is 35.5. The smallest absolute Gasteiger partial charge is 0.417 e. The number of carbonyl (C=O) groups is 1.